The van der Waals surface area contributed by atoms with Crippen LogP contribution in [-0.2, 0) is 0 Å². The van der Waals surface area contributed by atoms with Crippen LogP contribution in [0.4, 0.5) is 0 Å². The Morgan fingerprint density at radius 2 is 1.78 bits per heavy atom. The van der Waals surface area contributed by atoms with E-state index >= 15 is 0 Å². The number of benzene rings is 2. The fourth-order valence-electron chi connectivity index (χ4n) is 3.05. The predicted molar refractivity (Wildman–Crippen MR) is 72.8 cm³/mol. The Labute approximate surface area is 107 Å². The van der Waals surface area contributed by atoms with Gasteiger partial charge in [0.1, 0.15) is 5.75 Å². The minimum absolute atomic E-state index is 0.316. The molecule has 2 atom stereocenters. The molecule has 2 nitrogen and oxygen atoms in total. The molecule has 1 fully saturated rings. The van der Waals surface area contributed by atoms with Crippen molar-refractivity contribution in [1.29, 1.82) is 0 Å². The van der Waals surface area contributed by atoms with Crippen LogP contribution in [0.15, 0.2) is 36.4 Å². The normalized spacial score (nSPS) is 23.6. The van der Waals surface area contributed by atoms with Crippen LogP contribution in [0.1, 0.15) is 30.7 Å². The lowest BCUT2D eigenvalue weighted by Gasteiger charge is -2.11. The number of aliphatic hydroxyl groups is 1. The summed E-state index contributed by atoms with van der Waals surface area (Å²) in [5, 5.41) is 20.9. The largest absolute Gasteiger partial charge is 0.508 e. The molecule has 0 spiro atoms. The van der Waals surface area contributed by atoms with Crippen LogP contribution in [0.2, 0.25) is 0 Å². The molecule has 2 aromatic carbocycles. The van der Waals surface area contributed by atoms with Crippen LogP contribution in [0.5, 0.6) is 5.75 Å². The number of rotatable bonds is 2. The number of phenolic OH excluding ortho intramolecular Hbond substituents is 1. The first kappa shape index (κ1) is 11.5. The van der Waals surface area contributed by atoms with Crippen LogP contribution in [0.3, 0.4) is 0 Å². The summed E-state index contributed by atoms with van der Waals surface area (Å²) in [6.07, 6.45) is 3.41. The molecule has 0 saturated heterocycles. The third-order valence-corrected chi connectivity index (χ3v) is 4.12. The van der Waals surface area contributed by atoms with Crippen molar-refractivity contribution < 1.29 is 10.2 Å². The van der Waals surface area contributed by atoms with Crippen LogP contribution in [-0.4, -0.2) is 16.8 Å². The van der Waals surface area contributed by atoms with E-state index in [2.05, 4.69) is 18.2 Å². The fraction of sp³-hybridized carbons (Fsp3) is 0.375. The zero-order chi connectivity index (χ0) is 12.5. The van der Waals surface area contributed by atoms with E-state index in [1.807, 2.05) is 6.07 Å². The van der Waals surface area contributed by atoms with Gasteiger partial charge in [0.2, 0.25) is 0 Å². The minimum Gasteiger partial charge on any atom is -0.508 e. The van der Waals surface area contributed by atoms with Gasteiger partial charge in [-0.05, 0) is 59.6 Å². The zero-order valence-electron chi connectivity index (χ0n) is 10.3. The van der Waals surface area contributed by atoms with Crippen molar-refractivity contribution in [2.45, 2.75) is 25.2 Å². The molecule has 1 saturated carbocycles. The van der Waals surface area contributed by atoms with Gasteiger partial charge in [-0.15, -0.1) is 0 Å². The van der Waals surface area contributed by atoms with Crippen LogP contribution in [0.25, 0.3) is 10.8 Å². The van der Waals surface area contributed by atoms with E-state index in [-0.39, 0.29) is 0 Å². The lowest BCUT2D eigenvalue weighted by Crippen LogP contribution is -2.00. The lowest BCUT2D eigenvalue weighted by molar-refractivity contribution is 0.229. The summed E-state index contributed by atoms with van der Waals surface area (Å²) < 4.78 is 0. The quantitative estimate of drug-likeness (QED) is 0.847. The molecule has 0 amide bonds. The Kier molecular flexibility index (Phi) is 2.96. The molecule has 0 aliphatic heterocycles. The fourth-order valence-corrected chi connectivity index (χ4v) is 3.05. The molecule has 94 valence electrons. The van der Waals surface area contributed by atoms with E-state index in [9.17, 15) is 10.2 Å². The summed E-state index contributed by atoms with van der Waals surface area (Å²) >= 11 is 0. The van der Waals surface area contributed by atoms with E-state index in [1.165, 1.54) is 17.4 Å². The average molecular weight is 242 g/mol. The first-order valence-corrected chi connectivity index (χ1v) is 6.60. The lowest BCUT2D eigenvalue weighted by atomic mass is 9.94. The number of aliphatic hydroxyl groups excluding tert-OH is 1. The molecule has 0 aromatic heterocycles. The second-order valence-corrected chi connectivity index (χ2v) is 5.35. The van der Waals surface area contributed by atoms with Gasteiger partial charge in [-0.25, -0.2) is 0 Å². The van der Waals surface area contributed by atoms with Gasteiger partial charge < -0.3 is 10.2 Å². The van der Waals surface area contributed by atoms with Crippen molar-refractivity contribution in [3.63, 3.8) is 0 Å². The highest BCUT2D eigenvalue weighted by atomic mass is 16.3. The maximum atomic E-state index is 9.45. The highest BCUT2D eigenvalue weighted by Crippen LogP contribution is 2.38. The molecular weight excluding hydrogens is 224 g/mol. The van der Waals surface area contributed by atoms with Gasteiger partial charge in [0.15, 0.2) is 0 Å². The van der Waals surface area contributed by atoms with E-state index in [1.54, 1.807) is 12.1 Å². The van der Waals surface area contributed by atoms with E-state index in [0.717, 1.165) is 18.2 Å². The molecule has 2 aromatic rings. The van der Waals surface area contributed by atoms with Crippen LogP contribution < -0.4 is 0 Å². The maximum absolute atomic E-state index is 9.45. The van der Waals surface area contributed by atoms with Crippen molar-refractivity contribution in [2.75, 3.05) is 6.61 Å². The monoisotopic (exact) mass is 242 g/mol. The second-order valence-electron chi connectivity index (χ2n) is 5.35. The van der Waals surface area contributed by atoms with E-state index in [0.29, 0.717) is 24.2 Å². The molecule has 3 rings (SSSR count). The Morgan fingerprint density at radius 3 is 2.56 bits per heavy atom. The van der Waals surface area contributed by atoms with Gasteiger partial charge in [0.25, 0.3) is 0 Å². The Morgan fingerprint density at radius 1 is 1.00 bits per heavy atom. The average Bonchev–Trinajstić information content (AvgIpc) is 2.87. The molecule has 2 unspecified atom stereocenters. The van der Waals surface area contributed by atoms with Gasteiger partial charge in [-0.1, -0.05) is 24.3 Å². The first-order chi connectivity index (χ1) is 8.76. The Balaban J connectivity index is 1.92. The number of hydrogen-bond acceptors (Lipinski definition) is 2. The molecule has 18 heavy (non-hydrogen) atoms. The topological polar surface area (TPSA) is 40.5 Å². The summed E-state index contributed by atoms with van der Waals surface area (Å²) in [7, 11) is 0. The smallest absolute Gasteiger partial charge is 0.116 e. The molecular formula is C16H18O2. The molecule has 1 aliphatic rings. The van der Waals surface area contributed by atoms with Crippen molar-refractivity contribution in [3.05, 3.63) is 42.0 Å². The second kappa shape index (κ2) is 4.62. The van der Waals surface area contributed by atoms with E-state index < -0.39 is 0 Å². The summed E-state index contributed by atoms with van der Waals surface area (Å²) in [6, 6.07) is 12.0. The number of fused-ring (bicyclic) bond motifs is 1. The van der Waals surface area contributed by atoms with Crippen molar-refractivity contribution in [3.8, 4) is 5.75 Å². The summed E-state index contributed by atoms with van der Waals surface area (Å²) in [5.41, 5.74) is 1.36. The molecule has 2 heteroatoms. The molecule has 0 heterocycles. The van der Waals surface area contributed by atoms with Crippen molar-refractivity contribution in [1.82, 2.24) is 0 Å². The number of aromatic hydroxyl groups is 1. The van der Waals surface area contributed by atoms with Gasteiger partial charge >= 0.3 is 0 Å². The number of hydrogen-bond donors (Lipinski definition) is 2. The summed E-state index contributed by atoms with van der Waals surface area (Å²) in [4.78, 5) is 0. The zero-order valence-corrected chi connectivity index (χ0v) is 10.3. The SMILES string of the molecule is OCC1CCC(c2ccc3cc(O)ccc3c2)C1. The van der Waals surface area contributed by atoms with Crippen molar-refractivity contribution in [2.24, 2.45) is 5.92 Å². The Bertz CT molecular complexity index is 562. The van der Waals surface area contributed by atoms with Crippen LogP contribution in [0, 0.1) is 5.92 Å². The molecule has 0 bridgehead atoms. The summed E-state index contributed by atoms with van der Waals surface area (Å²) in [6.45, 7) is 0.317. The van der Waals surface area contributed by atoms with Crippen LogP contribution >= 0.6 is 0 Å². The summed E-state index contributed by atoms with van der Waals surface area (Å²) in [5.74, 6) is 1.38. The molecule has 0 radical (unpaired) electrons. The van der Waals surface area contributed by atoms with Crippen molar-refractivity contribution >= 4 is 10.8 Å². The van der Waals surface area contributed by atoms with Gasteiger partial charge in [-0.3, -0.25) is 0 Å². The Hall–Kier alpha value is -1.54. The third-order valence-electron chi connectivity index (χ3n) is 4.12. The highest BCUT2D eigenvalue weighted by molar-refractivity contribution is 5.84. The van der Waals surface area contributed by atoms with Gasteiger partial charge in [0.05, 0.1) is 0 Å². The minimum atomic E-state index is 0.316. The third kappa shape index (κ3) is 2.08. The number of phenols is 1. The highest BCUT2D eigenvalue weighted by Gasteiger charge is 2.25. The van der Waals surface area contributed by atoms with Gasteiger partial charge in [-0.2, -0.15) is 0 Å². The first-order valence-electron chi connectivity index (χ1n) is 6.60. The van der Waals surface area contributed by atoms with E-state index in [4.69, 9.17) is 0 Å². The standard InChI is InChI=1S/C16H18O2/c17-10-11-1-2-12(7-11)13-3-4-15-9-16(18)6-5-14(15)8-13/h3-6,8-9,11-12,17-18H,1-2,7,10H2. The maximum Gasteiger partial charge on any atom is 0.116 e. The molecule has 2 N–H and O–H groups in total. The van der Waals surface area contributed by atoms with Gasteiger partial charge in [0, 0.05) is 6.61 Å². The predicted octanol–water partition coefficient (Wildman–Crippen LogP) is 3.42. The molecule has 1 aliphatic carbocycles.